The van der Waals surface area contributed by atoms with Crippen LogP contribution in [0.1, 0.15) is 12.2 Å². The van der Waals surface area contributed by atoms with Crippen LogP contribution in [-0.4, -0.2) is 22.0 Å². The highest BCUT2D eigenvalue weighted by molar-refractivity contribution is 8.01. The number of para-hydroxylation sites is 1. The van der Waals surface area contributed by atoms with E-state index in [-0.39, 0.29) is 24.8 Å². The van der Waals surface area contributed by atoms with E-state index in [1.165, 1.54) is 11.8 Å². The molecule has 2 amide bonds. The minimum Gasteiger partial charge on any atom is -0.457 e. The molecule has 0 radical (unpaired) electrons. The topological polar surface area (TPSA) is 84.2 Å². The third kappa shape index (κ3) is 4.32. The smallest absolute Gasteiger partial charge is 0.238 e. The zero-order chi connectivity index (χ0) is 21.4. The third-order valence-electron chi connectivity index (χ3n) is 4.76. The highest BCUT2D eigenvalue weighted by Gasteiger charge is 2.29. The predicted molar refractivity (Wildman–Crippen MR) is 124 cm³/mol. The summed E-state index contributed by atoms with van der Waals surface area (Å²) in [6.45, 7) is 0.245. The van der Waals surface area contributed by atoms with Crippen LogP contribution in [0.2, 0.25) is 5.02 Å². The number of furan rings is 1. The van der Waals surface area contributed by atoms with Crippen molar-refractivity contribution in [1.82, 2.24) is 10.3 Å². The van der Waals surface area contributed by atoms with Crippen molar-refractivity contribution < 1.29 is 14.0 Å². The second kappa shape index (κ2) is 8.37. The van der Waals surface area contributed by atoms with Crippen molar-refractivity contribution in [3.05, 3.63) is 65.4 Å². The number of anilines is 1. The van der Waals surface area contributed by atoms with Crippen LogP contribution in [0.25, 0.3) is 21.0 Å². The number of thioether (sulfide) groups is 1. The molecule has 3 heterocycles. The summed E-state index contributed by atoms with van der Waals surface area (Å²) in [6, 6.07) is 16.9. The average Bonchev–Trinajstić information content (AvgIpc) is 3.40. The first-order valence-electron chi connectivity index (χ1n) is 9.53. The van der Waals surface area contributed by atoms with Gasteiger partial charge in [-0.25, -0.2) is 4.98 Å². The van der Waals surface area contributed by atoms with Gasteiger partial charge in [-0.15, -0.1) is 23.1 Å². The second-order valence-electron chi connectivity index (χ2n) is 6.97. The van der Waals surface area contributed by atoms with Gasteiger partial charge in [-0.05, 0) is 42.5 Å². The number of amides is 2. The monoisotopic (exact) mass is 469 g/mol. The number of nitrogens with zero attached hydrogens (tertiary/aromatic N) is 1. The molecular weight excluding hydrogens is 454 g/mol. The quantitative estimate of drug-likeness (QED) is 0.412. The van der Waals surface area contributed by atoms with Crippen LogP contribution >= 0.6 is 34.7 Å². The fraction of sp³-hybridized carbons (Fsp3) is 0.136. The molecular formula is C22H16ClN3O3S2. The van der Waals surface area contributed by atoms with E-state index in [0.29, 0.717) is 22.2 Å². The number of aromatic nitrogens is 1. The number of thiazole rings is 1. The number of hydrogen-bond donors (Lipinski definition) is 2. The van der Waals surface area contributed by atoms with Gasteiger partial charge in [0.1, 0.15) is 5.76 Å². The molecule has 0 saturated carbocycles. The average molecular weight is 470 g/mol. The minimum atomic E-state index is -0.497. The summed E-state index contributed by atoms with van der Waals surface area (Å²) in [5.74, 6) is 0.875. The fourth-order valence-electron chi connectivity index (χ4n) is 3.25. The van der Waals surface area contributed by atoms with Crippen molar-refractivity contribution in [3.8, 4) is 10.8 Å². The molecule has 0 spiro atoms. The van der Waals surface area contributed by atoms with Crippen molar-refractivity contribution in [2.45, 2.75) is 23.1 Å². The van der Waals surface area contributed by atoms with E-state index in [0.717, 1.165) is 20.1 Å². The zero-order valence-electron chi connectivity index (χ0n) is 16.1. The Hall–Kier alpha value is -2.81. The van der Waals surface area contributed by atoms with Gasteiger partial charge in [0.05, 0.1) is 27.7 Å². The standard InChI is InChI=1S/C22H16ClN3O3S2/c23-12-5-8-18-15(9-12)25-21(28)19(30-18)10-20(27)24-11-13-6-7-16(29-13)22-26-14-3-1-2-4-17(14)31-22/h1-9,19H,10-11H2,(H,24,27)(H,25,28)/t19-/m0/s1. The first-order valence-corrected chi connectivity index (χ1v) is 11.6. The molecule has 4 aromatic rings. The number of rotatable bonds is 5. The summed E-state index contributed by atoms with van der Waals surface area (Å²) < 4.78 is 6.95. The molecule has 31 heavy (non-hydrogen) atoms. The van der Waals surface area contributed by atoms with Crippen LogP contribution in [0.15, 0.2) is 63.9 Å². The Morgan fingerprint density at radius 2 is 2.06 bits per heavy atom. The molecule has 0 fully saturated rings. The molecule has 0 aliphatic carbocycles. The van der Waals surface area contributed by atoms with Crippen molar-refractivity contribution in [2.75, 3.05) is 5.32 Å². The number of halogens is 1. The van der Waals surface area contributed by atoms with E-state index in [9.17, 15) is 9.59 Å². The first kappa shape index (κ1) is 20.1. The van der Waals surface area contributed by atoms with Crippen molar-refractivity contribution in [3.63, 3.8) is 0 Å². The van der Waals surface area contributed by atoms with Crippen LogP contribution < -0.4 is 10.6 Å². The van der Waals surface area contributed by atoms with Gasteiger partial charge in [0.15, 0.2) is 10.8 Å². The number of carbonyl (C=O) groups excluding carboxylic acids is 2. The van der Waals surface area contributed by atoms with Gasteiger partial charge >= 0.3 is 0 Å². The normalized spacial score (nSPS) is 15.5. The molecule has 6 nitrogen and oxygen atoms in total. The van der Waals surface area contributed by atoms with E-state index in [2.05, 4.69) is 15.6 Å². The molecule has 2 aromatic carbocycles. The van der Waals surface area contributed by atoms with Crippen LogP contribution in [0.4, 0.5) is 5.69 Å². The van der Waals surface area contributed by atoms with Gasteiger partial charge in [0, 0.05) is 16.3 Å². The summed E-state index contributed by atoms with van der Waals surface area (Å²) in [6.07, 6.45) is 0.0734. The van der Waals surface area contributed by atoms with E-state index in [1.54, 1.807) is 23.5 Å². The Balaban J connectivity index is 1.19. The van der Waals surface area contributed by atoms with Gasteiger partial charge in [-0.3, -0.25) is 9.59 Å². The number of fused-ring (bicyclic) bond motifs is 2. The predicted octanol–water partition coefficient (Wildman–Crippen LogP) is 5.33. The van der Waals surface area contributed by atoms with Gasteiger partial charge in [0.25, 0.3) is 0 Å². The Kier molecular flexibility index (Phi) is 5.43. The summed E-state index contributed by atoms with van der Waals surface area (Å²) in [7, 11) is 0. The lowest BCUT2D eigenvalue weighted by atomic mass is 10.2. The second-order valence-corrected chi connectivity index (χ2v) is 9.68. The van der Waals surface area contributed by atoms with Gasteiger partial charge in [-0.2, -0.15) is 0 Å². The van der Waals surface area contributed by atoms with Crippen molar-refractivity contribution >= 4 is 62.4 Å². The Morgan fingerprint density at radius 3 is 2.94 bits per heavy atom. The molecule has 0 unspecified atom stereocenters. The van der Waals surface area contributed by atoms with E-state index in [4.69, 9.17) is 16.0 Å². The summed E-state index contributed by atoms with van der Waals surface area (Å²) >= 11 is 8.89. The van der Waals surface area contributed by atoms with Crippen molar-refractivity contribution in [1.29, 1.82) is 0 Å². The van der Waals surface area contributed by atoms with Crippen LogP contribution in [-0.2, 0) is 16.1 Å². The molecule has 1 aliphatic heterocycles. The van der Waals surface area contributed by atoms with E-state index < -0.39 is 5.25 Å². The number of carbonyl (C=O) groups is 2. The Bertz CT molecular complexity index is 1270. The third-order valence-corrected chi connectivity index (χ3v) is 7.32. The lowest BCUT2D eigenvalue weighted by molar-refractivity contribution is -0.124. The minimum absolute atomic E-state index is 0.0734. The Labute approximate surface area is 191 Å². The largest absolute Gasteiger partial charge is 0.457 e. The molecule has 2 N–H and O–H groups in total. The first-order chi connectivity index (χ1) is 15.0. The van der Waals surface area contributed by atoms with Gasteiger partial charge in [-0.1, -0.05) is 23.7 Å². The summed E-state index contributed by atoms with van der Waals surface area (Å²) in [5, 5.41) is 6.50. The molecule has 2 aromatic heterocycles. The molecule has 0 saturated heterocycles. The molecule has 156 valence electrons. The zero-order valence-corrected chi connectivity index (χ0v) is 18.4. The molecule has 0 bridgehead atoms. The SMILES string of the molecule is O=C(C[C@@H]1Sc2ccc(Cl)cc2NC1=O)NCc1ccc(-c2nc3ccccc3s2)o1. The maximum Gasteiger partial charge on any atom is 0.238 e. The maximum atomic E-state index is 12.4. The van der Waals surface area contributed by atoms with Gasteiger partial charge < -0.3 is 15.1 Å². The molecule has 9 heteroatoms. The van der Waals surface area contributed by atoms with E-state index in [1.807, 2.05) is 42.5 Å². The van der Waals surface area contributed by atoms with E-state index >= 15 is 0 Å². The lowest BCUT2D eigenvalue weighted by Gasteiger charge is -2.23. The molecule has 1 atom stereocenters. The molecule has 1 aliphatic rings. The van der Waals surface area contributed by atoms with Gasteiger partial charge in [0.2, 0.25) is 11.8 Å². The van der Waals surface area contributed by atoms with Crippen molar-refractivity contribution in [2.24, 2.45) is 0 Å². The molecule has 5 rings (SSSR count). The summed E-state index contributed by atoms with van der Waals surface area (Å²) in [5.41, 5.74) is 1.61. The number of benzene rings is 2. The van der Waals surface area contributed by atoms with Crippen LogP contribution in [0.3, 0.4) is 0 Å². The highest BCUT2D eigenvalue weighted by Crippen LogP contribution is 2.38. The fourth-order valence-corrected chi connectivity index (χ4v) is 5.44. The number of nitrogens with one attached hydrogen (secondary N) is 2. The highest BCUT2D eigenvalue weighted by atomic mass is 35.5. The maximum absolute atomic E-state index is 12.4. The lowest BCUT2D eigenvalue weighted by Crippen LogP contribution is -2.34. The Morgan fingerprint density at radius 1 is 1.19 bits per heavy atom. The number of hydrogen-bond acceptors (Lipinski definition) is 6. The van der Waals surface area contributed by atoms with Crippen LogP contribution in [0.5, 0.6) is 0 Å². The van der Waals surface area contributed by atoms with Crippen LogP contribution in [0, 0.1) is 0 Å². The summed E-state index contributed by atoms with van der Waals surface area (Å²) in [4.78, 5) is 30.2.